The normalized spacial score (nSPS) is 28.4. The molecule has 1 heterocycles. The Morgan fingerprint density at radius 1 is 1.12 bits per heavy atom. The fourth-order valence-electron chi connectivity index (χ4n) is 2.39. The van der Waals surface area contributed by atoms with Crippen molar-refractivity contribution in [3.8, 4) is 0 Å². The maximum absolute atomic E-state index is 4.77. The van der Waals surface area contributed by atoms with Crippen molar-refractivity contribution in [3.05, 3.63) is 30.3 Å². The molecule has 1 N–H and O–H groups in total. The molecule has 0 radical (unpaired) electrons. The molecule has 84 valence electrons. The van der Waals surface area contributed by atoms with Crippen LogP contribution in [0.4, 0.5) is 5.69 Å². The zero-order valence-electron chi connectivity index (χ0n) is 9.23. The average molecular weight is 232 g/mol. The van der Waals surface area contributed by atoms with E-state index < -0.39 is 0 Å². The lowest BCUT2D eigenvalue weighted by atomic mass is 9.96. The number of thioether (sulfide) groups is 1. The fraction of sp³-hybridized carbons (Fsp3) is 0.462. The summed E-state index contributed by atoms with van der Waals surface area (Å²) < 4.78 is 0. The first-order valence-corrected chi connectivity index (χ1v) is 6.86. The fourth-order valence-corrected chi connectivity index (χ4v) is 3.69. The van der Waals surface area contributed by atoms with Crippen molar-refractivity contribution < 1.29 is 0 Å². The second-order valence-corrected chi connectivity index (χ2v) is 5.66. The van der Waals surface area contributed by atoms with Gasteiger partial charge in [0.05, 0.1) is 6.04 Å². The van der Waals surface area contributed by atoms with Gasteiger partial charge in [-0.1, -0.05) is 42.8 Å². The lowest BCUT2D eigenvalue weighted by Crippen LogP contribution is -2.21. The number of benzene rings is 1. The largest absolute Gasteiger partial charge is 0.335 e. The highest BCUT2D eigenvalue weighted by molar-refractivity contribution is 8.15. The monoisotopic (exact) mass is 232 g/mol. The van der Waals surface area contributed by atoms with Gasteiger partial charge in [0.15, 0.2) is 5.17 Å². The number of para-hydroxylation sites is 1. The summed E-state index contributed by atoms with van der Waals surface area (Å²) in [5.41, 5.74) is 1.15. The predicted octanol–water partition coefficient (Wildman–Crippen LogP) is 3.51. The summed E-state index contributed by atoms with van der Waals surface area (Å²) in [6, 6.07) is 10.9. The summed E-state index contributed by atoms with van der Waals surface area (Å²) in [6.45, 7) is 0. The topological polar surface area (TPSA) is 24.4 Å². The standard InChI is InChI=1S/C13H16N2S/c1-2-6-10(7-3-1)14-13-15-11-8-4-5-9-12(11)16-13/h1-3,6-7,11-12H,4-5,8-9H2,(H,14,15)/t11-,12+/m0/s1. The van der Waals surface area contributed by atoms with E-state index in [4.69, 9.17) is 4.99 Å². The zero-order valence-corrected chi connectivity index (χ0v) is 10.0. The van der Waals surface area contributed by atoms with E-state index in [-0.39, 0.29) is 0 Å². The van der Waals surface area contributed by atoms with Crippen LogP contribution in [0.5, 0.6) is 0 Å². The van der Waals surface area contributed by atoms with Gasteiger partial charge in [-0.05, 0) is 25.0 Å². The van der Waals surface area contributed by atoms with E-state index in [0.717, 1.165) is 16.1 Å². The van der Waals surface area contributed by atoms with E-state index in [1.165, 1.54) is 25.7 Å². The minimum Gasteiger partial charge on any atom is -0.335 e. The van der Waals surface area contributed by atoms with Gasteiger partial charge in [0.1, 0.15) is 0 Å². The third kappa shape index (κ3) is 2.09. The average Bonchev–Trinajstić information content (AvgIpc) is 2.72. The number of rotatable bonds is 1. The highest BCUT2D eigenvalue weighted by atomic mass is 32.2. The number of amidine groups is 1. The molecular weight excluding hydrogens is 216 g/mol. The molecule has 1 aliphatic carbocycles. The van der Waals surface area contributed by atoms with Gasteiger partial charge in [0, 0.05) is 10.9 Å². The third-order valence-electron chi connectivity index (χ3n) is 3.24. The van der Waals surface area contributed by atoms with Gasteiger partial charge in [-0.15, -0.1) is 0 Å². The smallest absolute Gasteiger partial charge is 0.161 e. The van der Waals surface area contributed by atoms with Crippen LogP contribution < -0.4 is 5.32 Å². The molecule has 2 nitrogen and oxygen atoms in total. The number of hydrogen-bond donors (Lipinski definition) is 1. The van der Waals surface area contributed by atoms with E-state index in [0.29, 0.717) is 6.04 Å². The summed E-state index contributed by atoms with van der Waals surface area (Å²) in [5.74, 6) is 0. The summed E-state index contributed by atoms with van der Waals surface area (Å²) in [6.07, 6.45) is 5.34. The Bertz CT molecular complexity index is 388. The SMILES string of the molecule is c1ccc(NC2=N[C@H]3CCCC[C@H]3S2)cc1. The molecule has 1 fully saturated rings. The van der Waals surface area contributed by atoms with E-state index in [1.807, 2.05) is 17.8 Å². The first-order valence-electron chi connectivity index (χ1n) is 5.98. The minimum absolute atomic E-state index is 0.574. The van der Waals surface area contributed by atoms with Crippen LogP contribution in [0, 0.1) is 0 Å². The second-order valence-electron chi connectivity index (χ2n) is 4.43. The number of hydrogen-bond acceptors (Lipinski definition) is 3. The first kappa shape index (κ1) is 10.2. The van der Waals surface area contributed by atoms with E-state index in [2.05, 4.69) is 29.6 Å². The second kappa shape index (κ2) is 4.50. The van der Waals surface area contributed by atoms with Crippen LogP contribution >= 0.6 is 11.8 Å². The Labute approximate surface area is 101 Å². The van der Waals surface area contributed by atoms with Crippen molar-refractivity contribution in [3.63, 3.8) is 0 Å². The van der Waals surface area contributed by atoms with Gasteiger partial charge < -0.3 is 5.32 Å². The van der Waals surface area contributed by atoms with Crippen molar-refractivity contribution >= 4 is 22.6 Å². The summed E-state index contributed by atoms with van der Waals surface area (Å²) >= 11 is 1.93. The van der Waals surface area contributed by atoms with Gasteiger partial charge in [0.25, 0.3) is 0 Å². The van der Waals surface area contributed by atoms with E-state index in [1.54, 1.807) is 0 Å². The van der Waals surface area contributed by atoms with Crippen LogP contribution in [0.15, 0.2) is 35.3 Å². The van der Waals surface area contributed by atoms with Gasteiger partial charge >= 0.3 is 0 Å². The highest BCUT2D eigenvalue weighted by Crippen LogP contribution is 2.37. The number of aliphatic imine (C=N–C) groups is 1. The number of nitrogens with zero attached hydrogens (tertiary/aromatic N) is 1. The van der Waals surface area contributed by atoms with Crippen molar-refractivity contribution in [1.82, 2.24) is 0 Å². The number of anilines is 1. The first-order chi connectivity index (χ1) is 7.92. The Kier molecular flexibility index (Phi) is 2.87. The Hall–Kier alpha value is -0.960. The maximum atomic E-state index is 4.77. The molecule has 0 bridgehead atoms. The quantitative estimate of drug-likeness (QED) is 0.801. The van der Waals surface area contributed by atoms with Crippen LogP contribution in [0.1, 0.15) is 25.7 Å². The molecule has 2 atom stereocenters. The lowest BCUT2D eigenvalue weighted by Gasteiger charge is -2.21. The number of fused-ring (bicyclic) bond motifs is 1. The molecular formula is C13H16N2S. The van der Waals surface area contributed by atoms with Crippen molar-refractivity contribution in [2.75, 3.05) is 5.32 Å². The van der Waals surface area contributed by atoms with Crippen molar-refractivity contribution in [2.24, 2.45) is 4.99 Å². The molecule has 1 saturated carbocycles. The number of nitrogens with one attached hydrogen (secondary N) is 1. The molecule has 0 aromatic heterocycles. The third-order valence-corrected chi connectivity index (χ3v) is 4.52. The van der Waals surface area contributed by atoms with Gasteiger partial charge in [0.2, 0.25) is 0 Å². The van der Waals surface area contributed by atoms with E-state index >= 15 is 0 Å². The zero-order chi connectivity index (χ0) is 10.8. The van der Waals surface area contributed by atoms with Crippen LogP contribution in [0.3, 0.4) is 0 Å². The maximum Gasteiger partial charge on any atom is 0.161 e. The molecule has 16 heavy (non-hydrogen) atoms. The van der Waals surface area contributed by atoms with Crippen molar-refractivity contribution in [2.45, 2.75) is 37.0 Å². The van der Waals surface area contributed by atoms with Gasteiger partial charge in [-0.3, -0.25) is 4.99 Å². The molecule has 3 rings (SSSR count). The van der Waals surface area contributed by atoms with Crippen molar-refractivity contribution in [1.29, 1.82) is 0 Å². The lowest BCUT2D eigenvalue weighted by molar-refractivity contribution is 0.462. The Balaban J connectivity index is 1.68. The van der Waals surface area contributed by atoms with Crippen LogP contribution in [-0.2, 0) is 0 Å². The molecule has 0 spiro atoms. The van der Waals surface area contributed by atoms with Crippen LogP contribution in [0.2, 0.25) is 0 Å². The molecule has 1 aromatic rings. The summed E-state index contributed by atoms with van der Waals surface area (Å²) in [4.78, 5) is 4.77. The van der Waals surface area contributed by atoms with Gasteiger partial charge in [-0.25, -0.2) is 0 Å². The molecule has 1 aromatic carbocycles. The Morgan fingerprint density at radius 3 is 2.75 bits per heavy atom. The molecule has 2 aliphatic rings. The molecule has 0 unspecified atom stereocenters. The summed E-state index contributed by atoms with van der Waals surface area (Å²) in [7, 11) is 0. The minimum atomic E-state index is 0.574. The molecule has 0 saturated heterocycles. The molecule has 0 amide bonds. The predicted molar refractivity (Wildman–Crippen MR) is 71.1 cm³/mol. The van der Waals surface area contributed by atoms with Crippen LogP contribution in [-0.4, -0.2) is 16.5 Å². The molecule has 3 heteroatoms. The summed E-state index contributed by atoms with van der Waals surface area (Å²) in [5, 5.41) is 5.26. The van der Waals surface area contributed by atoms with Gasteiger partial charge in [-0.2, -0.15) is 0 Å². The van der Waals surface area contributed by atoms with E-state index in [9.17, 15) is 0 Å². The highest BCUT2D eigenvalue weighted by Gasteiger charge is 2.32. The molecule has 1 aliphatic heterocycles. The van der Waals surface area contributed by atoms with Crippen LogP contribution in [0.25, 0.3) is 0 Å². The Morgan fingerprint density at radius 2 is 1.94 bits per heavy atom.